The minimum atomic E-state index is -0.514. The molecule has 4 heteroatoms. The van der Waals surface area contributed by atoms with E-state index in [9.17, 15) is 9.59 Å². The van der Waals surface area contributed by atoms with Gasteiger partial charge in [-0.3, -0.25) is 9.59 Å². The molecule has 0 bridgehead atoms. The predicted octanol–water partition coefficient (Wildman–Crippen LogP) is 3.57. The molecule has 20 heavy (non-hydrogen) atoms. The standard InChI is InChI=1S/C16H31NO3/c1-5-6-7-8-9-10-11-13(15(17)19)12-14(18)20-16(2,3)4/h13H,5-12H2,1-4H3,(H2,17,19)/t13-/m1/s1. The first-order chi connectivity index (χ1) is 9.26. The molecule has 0 saturated carbocycles. The summed E-state index contributed by atoms with van der Waals surface area (Å²) in [4.78, 5) is 23.1. The van der Waals surface area contributed by atoms with Gasteiger partial charge < -0.3 is 10.5 Å². The van der Waals surface area contributed by atoms with E-state index in [1.165, 1.54) is 25.7 Å². The summed E-state index contributed by atoms with van der Waals surface area (Å²) in [5.41, 5.74) is 4.85. The van der Waals surface area contributed by atoms with E-state index in [1.54, 1.807) is 0 Å². The monoisotopic (exact) mass is 285 g/mol. The van der Waals surface area contributed by atoms with E-state index >= 15 is 0 Å². The Labute approximate surface area is 123 Å². The van der Waals surface area contributed by atoms with Crippen LogP contribution in [0.25, 0.3) is 0 Å². The minimum Gasteiger partial charge on any atom is -0.460 e. The highest BCUT2D eigenvalue weighted by Crippen LogP contribution is 2.18. The van der Waals surface area contributed by atoms with Crippen molar-refractivity contribution in [2.24, 2.45) is 11.7 Å². The number of ether oxygens (including phenoxy) is 1. The first-order valence-electron chi connectivity index (χ1n) is 7.77. The third kappa shape index (κ3) is 10.8. The van der Waals surface area contributed by atoms with Crippen LogP contribution in [0.15, 0.2) is 0 Å². The van der Waals surface area contributed by atoms with Crippen molar-refractivity contribution >= 4 is 11.9 Å². The summed E-state index contributed by atoms with van der Waals surface area (Å²) in [6.07, 6.45) is 7.73. The maximum Gasteiger partial charge on any atom is 0.307 e. The van der Waals surface area contributed by atoms with E-state index in [2.05, 4.69) is 6.92 Å². The zero-order valence-electron chi connectivity index (χ0n) is 13.5. The summed E-state index contributed by atoms with van der Waals surface area (Å²) < 4.78 is 5.23. The second-order valence-corrected chi connectivity index (χ2v) is 6.45. The molecule has 0 aliphatic rings. The van der Waals surface area contributed by atoms with Crippen molar-refractivity contribution in [1.29, 1.82) is 0 Å². The molecule has 4 nitrogen and oxygen atoms in total. The molecule has 0 aromatic carbocycles. The fourth-order valence-corrected chi connectivity index (χ4v) is 2.10. The van der Waals surface area contributed by atoms with Crippen LogP contribution in [-0.2, 0) is 14.3 Å². The molecule has 0 aliphatic carbocycles. The lowest BCUT2D eigenvalue weighted by molar-refractivity contribution is -0.157. The van der Waals surface area contributed by atoms with Crippen LogP contribution in [0, 0.1) is 5.92 Å². The normalized spacial score (nSPS) is 13.0. The number of nitrogens with two attached hydrogens (primary N) is 1. The number of esters is 1. The van der Waals surface area contributed by atoms with Gasteiger partial charge >= 0.3 is 5.97 Å². The summed E-state index contributed by atoms with van der Waals surface area (Å²) in [5, 5.41) is 0. The number of unbranched alkanes of at least 4 members (excludes halogenated alkanes) is 5. The third-order valence-electron chi connectivity index (χ3n) is 3.14. The van der Waals surface area contributed by atoms with Crippen LogP contribution in [0.1, 0.15) is 79.1 Å². The highest BCUT2D eigenvalue weighted by Gasteiger charge is 2.23. The lowest BCUT2D eigenvalue weighted by Gasteiger charge is -2.21. The van der Waals surface area contributed by atoms with Crippen molar-refractivity contribution in [3.63, 3.8) is 0 Å². The average molecular weight is 285 g/mol. The predicted molar refractivity (Wildman–Crippen MR) is 81.1 cm³/mol. The summed E-state index contributed by atoms with van der Waals surface area (Å²) in [7, 11) is 0. The van der Waals surface area contributed by atoms with Crippen molar-refractivity contribution in [3.05, 3.63) is 0 Å². The molecule has 118 valence electrons. The Morgan fingerprint density at radius 3 is 2.10 bits per heavy atom. The fourth-order valence-electron chi connectivity index (χ4n) is 2.10. The summed E-state index contributed by atoms with van der Waals surface area (Å²) >= 11 is 0. The first-order valence-corrected chi connectivity index (χ1v) is 7.77. The summed E-state index contributed by atoms with van der Waals surface area (Å²) in [6.45, 7) is 7.64. The number of carbonyl (C=O) groups is 2. The van der Waals surface area contributed by atoms with Gasteiger partial charge in [-0.25, -0.2) is 0 Å². The average Bonchev–Trinajstić information content (AvgIpc) is 2.29. The molecule has 0 rings (SSSR count). The molecule has 0 unspecified atom stereocenters. The van der Waals surface area contributed by atoms with Crippen LogP contribution in [-0.4, -0.2) is 17.5 Å². The Hall–Kier alpha value is -1.06. The number of carbonyl (C=O) groups excluding carboxylic acids is 2. The van der Waals surface area contributed by atoms with Gasteiger partial charge in [0.15, 0.2) is 0 Å². The van der Waals surface area contributed by atoms with Crippen molar-refractivity contribution in [1.82, 2.24) is 0 Å². The van der Waals surface area contributed by atoms with Gasteiger partial charge in [0.2, 0.25) is 5.91 Å². The van der Waals surface area contributed by atoms with E-state index in [0.717, 1.165) is 12.8 Å². The van der Waals surface area contributed by atoms with E-state index < -0.39 is 17.4 Å². The van der Waals surface area contributed by atoms with Crippen molar-refractivity contribution in [3.8, 4) is 0 Å². The maximum absolute atomic E-state index is 11.7. The molecule has 1 atom stereocenters. The Morgan fingerprint density at radius 2 is 1.60 bits per heavy atom. The van der Waals surface area contributed by atoms with Crippen LogP contribution >= 0.6 is 0 Å². The molecule has 0 aliphatic heterocycles. The highest BCUT2D eigenvalue weighted by molar-refractivity contribution is 5.82. The number of rotatable bonds is 10. The Balaban J connectivity index is 3.99. The Kier molecular flexibility index (Phi) is 9.26. The zero-order valence-corrected chi connectivity index (χ0v) is 13.5. The Morgan fingerprint density at radius 1 is 1.05 bits per heavy atom. The minimum absolute atomic E-state index is 0.0988. The van der Waals surface area contributed by atoms with Gasteiger partial charge in [-0.05, 0) is 27.2 Å². The molecular weight excluding hydrogens is 254 g/mol. The molecule has 1 amide bonds. The highest BCUT2D eigenvalue weighted by atomic mass is 16.6. The van der Waals surface area contributed by atoms with Crippen LogP contribution in [0.5, 0.6) is 0 Å². The number of amides is 1. The summed E-state index contributed by atoms with van der Waals surface area (Å²) in [5.74, 6) is -1.13. The molecule has 0 fully saturated rings. The van der Waals surface area contributed by atoms with E-state index in [1.807, 2.05) is 20.8 Å². The molecular formula is C16H31NO3. The first kappa shape index (κ1) is 18.9. The third-order valence-corrected chi connectivity index (χ3v) is 3.14. The van der Waals surface area contributed by atoms with Gasteiger partial charge in [0.05, 0.1) is 6.42 Å². The second-order valence-electron chi connectivity index (χ2n) is 6.45. The smallest absolute Gasteiger partial charge is 0.307 e. The van der Waals surface area contributed by atoms with Gasteiger partial charge in [0, 0.05) is 5.92 Å². The lowest BCUT2D eigenvalue weighted by Crippen LogP contribution is -2.30. The van der Waals surface area contributed by atoms with E-state index in [-0.39, 0.29) is 12.4 Å². The lowest BCUT2D eigenvalue weighted by atomic mass is 9.96. The molecule has 2 N–H and O–H groups in total. The van der Waals surface area contributed by atoms with Gasteiger partial charge in [0.25, 0.3) is 0 Å². The van der Waals surface area contributed by atoms with Gasteiger partial charge in [-0.1, -0.05) is 45.4 Å². The molecule has 0 spiro atoms. The van der Waals surface area contributed by atoms with Gasteiger partial charge in [0.1, 0.15) is 5.60 Å². The quantitative estimate of drug-likeness (QED) is 0.493. The SMILES string of the molecule is CCCCCCCC[C@H](CC(=O)OC(C)(C)C)C(N)=O. The van der Waals surface area contributed by atoms with Gasteiger partial charge in [-0.2, -0.15) is 0 Å². The van der Waals surface area contributed by atoms with Gasteiger partial charge in [-0.15, -0.1) is 0 Å². The van der Waals surface area contributed by atoms with Crippen LogP contribution in [0.3, 0.4) is 0 Å². The second kappa shape index (κ2) is 9.78. The molecule has 0 heterocycles. The molecule has 0 radical (unpaired) electrons. The zero-order chi connectivity index (χ0) is 15.6. The topological polar surface area (TPSA) is 69.4 Å². The summed E-state index contributed by atoms with van der Waals surface area (Å²) in [6, 6.07) is 0. The van der Waals surface area contributed by atoms with Crippen molar-refractivity contribution in [2.45, 2.75) is 84.7 Å². The Bertz CT molecular complexity index is 295. The number of hydrogen-bond donors (Lipinski definition) is 1. The number of primary amides is 1. The van der Waals surface area contributed by atoms with E-state index in [4.69, 9.17) is 10.5 Å². The molecule has 0 saturated heterocycles. The number of hydrogen-bond acceptors (Lipinski definition) is 3. The van der Waals surface area contributed by atoms with E-state index in [0.29, 0.717) is 6.42 Å². The fraction of sp³-hybridized carbons (Fsp3) is 0.875. The van der Waals surface area contributed by atoms with Crippen LogP contribution in [0.4, 0.5) is 0 Å². The largest absolute Gasteiger partial charge is 0.460 e. The van der Waals surface area contributed by atoms with Crippen LogP contribution < -0.4 is 5.73 Å². The van der Waals surface area contributed by atoms with Crippen LogP contribution in [0.2, 0.25) is 0 Å². The molecule has 0 aromatic rings. The maximum atomic E-state index is 11.7. The van der Waals surface area contributed by atoms with Crippen molar-refractivity contribution in [2.75, 3.05) is 0 Å². The van der Waals surface area contributed by atoms with Crippen molar-refractivity contribution < 1.29 is 14.3 Å². The molecule has 0 aromatic heterocycles.